The van der Waals surface area contributed by atoms with E-state index >= 15 is 0 Å². The predicted molar refractivity (Wildman–Crippen MR) is 105 cm³/mol. The van der Waals surface area contributed by atoms with E-state index in [9.17, 15) is 4.79 Å². The highest BCUT2D eigenvalue weighted by Gasteiger charge is 2.45. The summed E-state index contributed by atoms with van der Waals surface area (Å²) in [6, 6.07) is 7.25. The van der Waals surface area contributed by atoms with E-state index in [1.54, 1.807) is 35.5 Å². The molecule has 0 radical (unpaired) electrons. The molecule has 30 heavy (non-hydrogen) atoms. The summed E-state index contributed by atoms with van der Waals surface area (Å²) in [5, 5.41) is 4.49. The summed E-state index contributed by atoms with van der Waals surface area (Å²) in [5.74, 6) is 2.32. The quantitative estimate of drug-likeness (QED) is 0.497. The third kappa shape index (κ3) is 2.46. The molecule has 0 N–H and O–H groups in total. The van der Waals surface area contributed by atoms with Crippen molar-refractivity contribution in [3.05, 3.63) is 65.8 Å². The van der Waals surface area contributed by atoms with Crippen LogP contribution in [0.1, 0.15) is 43.9 Å². The summed E-state index contributed by atoms with van der Waals surface area (Å²) in [4.78, 5) is 22.4. The zero-order valence-corrected chi connectivity index (χ0v) is 16.5. The number of hydrogen-bond donors (Lipinski definition) is 0. The van der Waals surface area contributed by atoms with Crippen molar-refractivity contribution in [1.29, 1.82) is 0 Å². The van der Waals surface area contributed by atoms with Gasteiger partial charge in [-0.25, -0.2) is 14.5 Å². The molecule has 8 heteroatoms. The Morgan fingerprint density at radius 3 is 2.73 bits per heavy atom. The Morgan fingerprint density at radius 2 is 1.97 bits per heavy atom. The molecule has 6 rings (SSSR count). The molecule has 0 saturated heterocycles. The van der Waals surface area contributed by atoms with Gasteiger partial charge in [-0.05, 0) is 29.7 Å². The average molecular weight is 402 g/mol. The highest BCUT2D eigenvalue weighted by molar-refractivity contribution is 6.00. The molecule has 150 valence electrons. The Balaban J connectivity index is 1.61. The number of rotatable bonds is 2. The molecule has 4 aromatic heterocycles. The van der Waals surface area contributed by atoms with E-state index in [0.29, 0.717) is 58.6 Å². The number of hydrogen-bond acceptors (Lipinski definition) is 7. The van der Waals surface area contributed by atoms with E-state index in [1.165, 1.54) is 0 Å². The van der Waals surface area contributed by atoms with Crippen LogP contribution in [0, 0.1) is 5.41 Å². The van der Waals surface area contributed by atoms with Crippen molar-refractivity contribution in [2.24, 2.45) is 5.41 Å². The fraction of sp³-hybridized carbons (Fsp3) is 0.273. The smallest absolute Gasteiger partial charge is 0.228 e. The van der Waals surface area contributed by atoms with Gasteiger partial charge in [0.2, 0.25) is 11.7 Å². The van der Waals surface area contributed by atoms with Crippen molar-refractivity contribution in [2.45, 2.75) is 32.6 Å². The topological polar surface area (TPSA) is 95.7 Å². The molecule has 1 aliphatic carbocycles. The minimum absolute atomic E-state index is 0.0566. The molecular formula is C22H18N4O4. The molecule has 4 aromatic rings. The van der Waals surface area contributed by atoms with E-state index < -0.39 is 5.92 Å². The number of carbonyl (C=O) groups is 1. The molecule has 0 saturated carbocycles. The van der Waals surface area contributed by atoms with Gasteiger partial charge in [-0.1, -0.05) is 13.8 Å². The van der Waals surface area contributed by atoms with Crippen LogP contribution in [0.4, 0.5) is 0 Å². The maximum Gasteiger partial charge on any atom is 0.228 e. The lowest BCUT2D eigenvalue weighted by molar-refractivity contribution is -0.118. The fourth-order valence-electron chi connectivity index (χ4n) is 4.40. The van der Waals surface area contributed by atoms with Crippen LogP contribution in [-0.2, 0) is 4.79 Å². The molecule has 1 unspecified atom stereocenters. The molecule has 0 bridgehead atoms. The lowest BCUT2D eigenvalue weighted by atomic mass is 9.71. The zero-order chi connectivity index (χ0) is 20.5. The zero-order valence-electron chi connectivity index (χ0n) is 16.5. The molecule has 1 atom stereocenters. The van der Waals surface area contributed by atoms with Crippen LogP contribution in [-0.4, -0.2) is 25.4 Å². The number of carbonyl (C=O) groups excluding carboxylic acids is 1. The molecule has 8 nitrogen and oxygen atoms in total. The third-order valence-electron chi connectivity index (χ3n) is 5.63. The summed E-state index contributed by atoms with van der Waals surface area (Å²) in [6.07, 6.45) is 5.84. The first kappa shape index (κ1) is 17.2. The monoisotopic (exact) mass is 402 g/mol. The first-order chi connectivity index (χ1) is 14.5. The molecule has 1 aliphatic heterocycles. The standard InChI is InChI=1S/C22H18N4O4/c1-22(2)9-12(27)16-15(10-22)30-21-18(17(16)13-5-3-7-28-13)20-24-19(14-6-4-8-29-14)25-26(20)11-23-21/h3-8,11,17H,9-10H2,1-2H3. The number of ether oxygens (including phenoxy) is 1. The van der Waals surface area contributed by atoms with Gasteiger partial charge in [-0.3, -0.25) is 4.79 Å². The van der Waals surface area contributed by atoms with Gasteiger partial charge in [0.25, 0.3) is 0 Å². The van der Waals surface area contributed by atoms with Gasteiger partial charge in [-0.15, -0.1) is 5.10 Å². The average Bonchev–Trinajstić information content (AvgIpc) is 3.46. The summed E-state index contributed by atoms with van der Waals surface area (Å²) in [7, 11) is 0. The number of ketones is 1. The van der Waals surface area contributed by atoms with Gasteiger partial charge < -0.3 is 13.6 Å². The number of Topliss-reactive ketones (excluding diaryl/α,β-unsaturated/α-hetero) is 1. The lowest BCUT2D eigenvalue weighted by Gasteiger charge is -2.36. The van der Waals surface area contributed by atoms with Gasteiger partial charge in [0.05, 0.1) is 24.0 Å². The van der Waals surface area contributed by atoms with Crippen molar-refractivity contribution < 1.29 is 18.4 Å². The van der Waals surface area contributed by atoms with Gasteiger partial charge in [-0.2, -0.15) is 0 Å². The van der Waals surface area contributed by atoms with E-state index in [0.717, 1.165) is 0 Å². The summed E-state index contributed by atoms with van der Waals surface area (Å²) < 4.78 is 19.0. The van der Waals surface area contributed by atoms with Crippen LogP contribution in [0.3, 0.4) is 0 Å². The number of nitrogens with zero attached hydrogens (tertiary/aromatic N) is 4. The number of aromatic nitrogens is 4. The normalized spacial score (nSPS) is 20.2. The Bertz CT molecular complexity index is 1310. The molecule has 0 fully saturated rings. The SMILES string of the molecule is CC1(C)CC(=O)C2=C(C1)Oc1ncn3nc(-c4ccco4)nc3c1C2c1ccco1. The lowest BCUT2D eigenvalue weighted by Crippen LogP contribution is -2.33. The molecule has 5 heterocycles. The Kier molecular flexibility index (Phi) is 3.39. The highest BCUT2D eigenvalue weighted by atomic mass is 16.5. The second-order valence-electron chi connectivity index (χ2n) is 8.47. The Hall–Kier alpha value is -3.68. The summed E-state index contributed by atoms with van der Waals surface area (Å²) >= 11 is 0. The highest BCUT2D eigenvalue weighted by Crippen LogP contribution is 2.50. The van der Waals surface area contributed by atoms with Gasteiger partial charge in [0.1, 0.15) is 17.8 Å². The van der Waals surface area contributed by atoms with E-state index in [-0.39, 0.29) is 11.2 Å². The minimum Gasteiger partial charge on any atom is -0.468 e. The number of furan rings is 2. The van der Waals surface area contributed by atoms with Crippen LogP contribution >= 0.6 is 0 Å². The summed E-state index contributed by atoms with van der Waals surface area (Å²) in [6.45, 7) is 4.14. The van der Waals surface area contributed by atoms with Gasteiger partial charge in [0.15, 0.2) is 17.2 Å². The van der Waals surface area contributed by atoms with Gasteiger partial charge >= 0.3 is 0 Å². The van der Waals surface area contributed by atoms with Crippen LogP contribution in [0.2, 0.25) is 0 Å². The van der Waals surface area contributed by atoms with E-state index in [1.807, 2.05) is 12.1 Å². The second kappa shape index (κ2) is 5.91. The molecular weight excluding hydrogens is 384 g/mol. The van der Waals surface area contributed by atoms with Crippen molar-refractivity contribution >= 4 is 11.4 Å². The first-order valence-electron chi connectivity index (χ1n) is 9.77. The van der Waals surface area contributed by atoms with Crippen molar-refractivity contribution in [3.8, 4) is 17.5 Å². The molecule has 0 aromatic carbocycles. The predicted octanol–water partition coefficient (Wildman–Crippen LogP) is 4.14. The minimum atomic E-state index is -0.452. The largest absolute Gasteiger partial charge is 0.468 e. The number of fused-ring (bicyclic) bond motifs is 3. The third-order valence-corrected chi connectivity index (χ3v) is 5.63. The molecule has 0 amide bonds. The Labute approximate surface area is 171 Å². The molecule has 2 aliphatic rings. The van der Waals surface area contributed by atoms with Crippen LogP contribution in [0.25, 0.3) is 17.2 Å². The summed E-state index contributed by atoms with van der Waals surface area (Å²) in [5.41, 5.74) is 1.67. The van der Waals surface area contributed by atoms with E-state index in [4.69, 9.17) is 13.6 Å². The van der Waals surface area contributed by atoms with Crippen LogP contribution < -0.4 is 4.74 Å². The Morgan fingerprint density at radius 1 is 1.13 bits per heavy atom. The van der Waals surface area contributed by atoms with Crippen molar-refractivity contribution in [1.82, 2.24) is 19.6 Å². The van der Waals surface area contributed by atoms with Crippen LogP contribution in [0.5, 0.6) is 5.88 Å². The van der Waals surface area contributed by atoms with Crippen molar-refractivity contribution in [3.63, 3.8) is 0 Å². The van der Waals surface area contributed by atoms with Crippen LogP contribution in [0.15, 0.2) is 63.3 Å². The maximum atomic E-state index is 13.2. The second-order valence-corrected chi connectivity index (χ2v) is 8.47. The van der Waals surface area contributed by atoms with E-state index in [2.05, 4.69) is 28.9 Å². The number of allylic oxidation sites excluding steroid dienone is 2. The van der Waals surface area contributed by atoms with Crippen molar-refractivity contribution in [2.75, 3.05) is 0 Å². The molecule has 0 spiro atoms. The maximum absolute atomic E-state index is 13.2. The fourth-order valence-corrected chi connectivity index (χ4v) is 4.40. The van der Waals surface area contributed by atoms with Gasteiger partial charge in [0, 0.05) is 18.4 Å². The first-order valence-corrected chi connectivity index (χ1v) is 9.77.